The first-order chi connectivity index (χ1) is 26.8. The highest BCUT2D eigenvalue weighted by molar-refractivity contribution is 6.21. The number of oxazole rings is 1. The Morgan fingerprint density at radius 2 is 0.926 bits per heavy atom. The molecule has 3 heterocycles. The number of aromatic nitrogens is 1. The van der Waals surface area contributed by atoms with E-state index in [1.165, 1.54) is 0 Å². The summed E-state index contributed by atoms with van der Waals surface area (Å²) in [5, 5.41) is 4.08. The van der Waals surface area contributed by atoms with Crippen LogP contribution in [0.2, 0.25) is 0 Å². The third-order valence-electron chi connectivity index (χ3n) is 10.3. The fourth-order valence-corrected chi connectivity index (χ4v) is 7.83. The van der Waals surface area contributed by atoms with Crippen molar-refractivity contribution in [3.8, 4) is 33.7 Å². The maximum Gasteiger partial charge on any atom is 0.227 e. The normalized spacial score (nSPS) is 11.7. The molecule has 0 aliphatic heterocycles. The van der Waals surface area contributed by atoms with Crippen molar-refractivity contribution < 1.29 is 13.3 Å². The number of nitrogens with zero attached hydrogens (tertiary/aromatic N) is 2. The van der Waals surface area contributed by atoms with Gasteiger partial charge in [-0.05, 0) is 70.8 Å². The number of anilines is 3. The highest BCUT2D eigenvalue weighted by atomic mass is 16.4. The Labute approximate surface area is 309 Å². The highest BCUT2D eigenvalue weighted by Crippen LogP contribution is 2.49. The molecule has 0 aliphatic carbocycles. The Morgan fingerprint density at radius 1 is 0.370 bits per heavy atom. The summed E-state index contributed by atoms with van der Waals surface area (Å²) < 4.78 is 19.7. The number of fused-ring (bicyclic) bond motifs is 7. The van der Waals surface area contributed by atoms with E-state index in [2.05, 4.69) is 120 Å². The van der Waals surface area contributed by atoms with Crippen molar-refractivity contribution in [1.82, 2.24) is 4.98 Å². The molecule has 0 amide bonds. The molecule has 0 saturated heterocycles. The monoisotopic (exact) mass is 694 g/mol. The van der Waals surface area contributed by atoms with Crippen LogP contribution in [0, 0.1) is 0 Å². The van der Waals surface area contributed by atoms with Crippen molar-refractivity contribution in [1.29, 1.82) is 0 Å². The van der Waals surface area contributed by atoms with Gasteiger partial charge in [-0.1, -0.05) is 121 Å². The zero-order chi connectivity index (χ0) is 35.6. The van der Waals surface area contributed by atoms with Crippen LogP contribution >= 0.6 is 0 Å². The molecule has 0 radical (unpaired) electrons. The number of hydrogen-bond donors (Lipinski definition) is 0. The maximum absolute atomic E-state index is 6.59. The van der Waals surface area contributed by atoms with E-state index in [9.17, 15) is 0 Å². The van der Waals surface area contributed by atoms with Crippen molar-refractivity contribution in [2.24, 2.45) is 0 Å². The lowest BCUT2D eigenvalue weighted by Gasteiger charge is -2.27. The van der Waals surface area contributed by atoms with E-state index in [1.807, 2.05) is 66.7 Å². The van der Waals surface area contributed by atoms with Crippen LogP contribution in [0.25, 0.3) is 88.7 Å². The number of benzene rings is 8. The maximum atomic E-state index is 6.59. The van der Waals surface area contributed by atoms with Crippen LogP contribution in [-0.4, -0.2) is 4.98 Å². The van der Waals surface area contributed by atoms with Crippen LogP contribution < -0.4 is 4.90 Å². The van der Waals surface area contributed by atoms with Crippen molar-refractivity contribution in [2.75, 3.05) is 4.90 Å². The van der Waals surface area contributed by atoms with Gasteiger partial charge in [0.05, 0.1) is 11.1 Å². The molecule has 5 nitrogen and oxygen atoms in total. The molecule has 0 aliphatic rings. The summed E-state index contributed by atoms with van der Waals surface area (Å²) in [6, 6.07) is 62.7. The average Bonchev–Trinajstić information content (AvgIpc) is 3.95. The van der Waals surface area contributed by atoms with Crippen molar-refractivity contribution in [3.05, 3.63) is 182 Å². The molecule has 254 valence electrons. The van der Waals surface area contributed by atoms with E-state index in [0.29, 0.717) is 17.1 Å². The number of hydrogen-bond acceptors (Lipinski definition) is 5. The van der Waals surface area contributed by atoms with Crippen LogP contribution in [0.5, 0.6) is 0 Å². The van der Waals surface area contributed by atoms with Gasteiger partial charge in [-0.25, -0.2) is 4.98 Å². The fraction of sp³-hybridized carbons (Fsp3) is 0. The van der Waals surface area contributed by atoms with Gasteiger partial charge in [-0.2, -0.15) is 0 Å². The van der Waals surface area contributed by atoms with Crippen LogP contribution in [0.1, 0.15) is 0 Å². The van der Waals surface area contributed by atoms with Crippen LogP contribution in [0.3, 0.4) is 0 Å². The van der Waals surface area contributed by atoms with Crippen molar-refractivity contribution in [2.45, 2.75) is 0 Å². The summed E-state index contributed by atoms with van der Waals surface area (Å²) in [4.78, 5) is 7.55. The molecule has 0 atom stereocenters. The van der Waals surface area contributed by atoms with Crippen molar-refractivity contribution in [3.63, 3.8) is 0 Å². The Bertz CT molecular complexity index is 3160. The second kappa shape index (κ2) is 12.1. The molecule has 8 aromatic carbocycles. The Balaban J connectivity index is 1.26. The molecule has 0 fully saturated rings. The van der Waals surface area contributed by atoms with Crippen LogP contribution in [-0.2, 0) is 0 Å². The highest BCUT2D eigenvalue weighted by Gasteiger charge is 2.27. The van der Waals surface area contributed by atoms with E-state index in [0.717, 1.165) is 88.7 Å². The molecule has 0 saturated carbocycles. The van der Waals surface area contributed by atoms with Gasteiger partial charge < -0.3 is 18.2 Å². The first kappa shape index (κ1) is 30.3. The summed E-state index contributed by atoms with van der Waals surface area (Å²) in [5.74, 6) is 0.542. The third kappa shape index (κ3) is 4.83. The lowest BCUT2D eigenvalue weighted by atomic mass is 9.93. The smallest absolute Gasteiger partial charge is 0.227 e. The molecule has 3 aromatic heterocycles. The first-order valence-corrected chi connectivity index (χ1v) is 18.0. The minimum atomic E-state index is 0.542. The molecule has 0 unspecified atom stereocenters. The summed E-state index contributed by atoms with van der Waals surface area (Å²) in [5.41, 5.74) is 12.7. The molecule has 11 rings (SSSR count). The second-order valence-electron chi connectivity index (χ2n) is 13.5. The standard InChI is InChI=1S/C49H30N2O3/c1-4-14-31(15-5-1)36-26-24-34(28-40(36)32-16-6-2-7-17-32)51(35-25-27-38-37-20-10-12-22-41(37)52-43(38)29-35)48-46-39-21-11-13-23-42(39)53-44(46)30-45-47(48)50-49(54-45)33-18-8-3-9-19-33/h1-30H. The zero-order valence-corrected chi connectivity index (χ0v) is 28.9. The minimum absolute atomic E-state index is 0.542. The predicted octanol–water partition coefficient (Wildman–Crippen LogP) is 14.1. The van der Waals surface area contributed by atoms with Crippen molar-refractivity contribution >= 4 is 72.0 Å². The number of furan rings is 2. The van der Waals surface area contributed by atoms with Gasteiger partial charge in [0.25, 0.3) is 0 Å². The van der Waals surface area contributed by atoms with Gasteiger partial charge >= 0.3 is 0 Å². The molecule has 0 N–H and O–H groups in total. The third-order valence-corrected chi connectivity index (χ3v) is 10.3. The molecule has 11 aromatic rings. The minimum Gasteiger partial charge on any atom is -0.456 e. The lowest BCUT2D eigenvalue weighted by Crippen LogP contribution is -2.11. The molecular weight excluding hydrogens is 665 g/mol. The topological polar surface area (TPSA) is 55.6 Å². The van der Waals surface area contributed by atoms with Gasteiger partial charge in [-0.15, -0.1) is 0 Å². The second-order valence-corrected chi connectivity index (χ2v) is 13.5. The van der Waals surface area contributed by atoms with Gasteiger partial charge in [-0.3, -0.25) is 0 Å². The number of para-hydroxylation sites is 2. The number of rotatable bonds is 6. The Kier molecular flexibility index (Phi) is 6.79. The van der Waals surface area contributed by atoms with E-state index in [-0.39, 0.29) is 0 Å². The largest absolute Gasteiger partial charge is 0.456 e. The van der Waals surface area contributed by atoms with Crippen LogP contribution in [0.15, 0.2) is 195 Å². The predicted molar refractivity (Wildman–Crippen MR) is 220 cm³/mol. The summed E-state index contributed by atoms with van der Waals surface area (Å²) in [6.07, 6.45) is 0. The van der Waals surface area contributed by atoms with E-state index in [4.69, 9.17) is 18.2 Å². The summed E-state index contributed by atoms with van der Waals surface area (Å²) in [7, 11) is 0. The molecule has 54 heavy (non-hydrogen) atoms. The Hall–Kier alpha value is -7.37. The van der Waals surface area contributed by atoms with Crippen LogP contribution in [0.4, 0.5) is 17.1 Å². The van der Waals surface area contributed by atoms with E-state index < -0.39 is 0 Å². The van der Waals surface area contributed by atoms with E-state index in [1.54, 1.807) is 0 Å². The molecule has 5 heteroatoms. The molecule has 0 bridgehead atoms. The first-order valence-electron chi connectivity index (χ1n) is 18.0. The van der Waals surface area contributed by atoms with Gasteiger partial charge in [0, 0.05) is 45.2 Å². The fourth-order valence-electron chi connectivity index (χ4n) is 7.83. The van der Waals surface area contributed by atoms with Gasteiger partial charge in [0.2, 0.25) is 5.89 Å². The summed E-state index contributed by atoms with van der Waals surface area (Å²) in [6.45, 7) is 0. The SMILES string of the molecule is c1ccc(-c2nc3c(N(c4ccc(-c5ccccc5)c(-c5ccccc5)c4)c4ccc5c(c4)oc4ccccc45)c4c(cc3o2)oc2ccccc24)cc1. The Morgan fingerprint density at radius 3 is 1.67 bits per heavy atom. The van der Waals surface area contributed by atoms with Gasteiger partial charge in [0.15, 0.2) is 5.58 Å². The quantitative estimate of drug-likeness (QED) is 0.173. The lowest BCUT2D eigenvalue weighted by molar-refractivity contribution is 0.617. The average molecular weight is 695 g/mol. The van der Waals surface area contributed by atoms with E-state index >= 15 is 0 Å². The molecular formula is C49H30N2O3. The molecule has 0 spiro atoms. The van der Waals surface area contributed by atoms with Gasteiger partial charge in [0.1, 0.15) is 27.8 Å². The zero-order valence-electron chi connectivity index (χ0n) is 28.9. The summed E-state index contributed by atoms with van der Waals surface area (Å²) >= 11 is 0.